The van der Waals surface area contributed by atoms with E-state index < -0.39 is 0 Å². The number of aryl methyl sites for hydroxylation is 1. The molecule has 1 atom stereocenters. The topological polar surface area (TPSA) is 34.1 Å². The van der Waals surface area contributed by atoms with Gasteiger partial charge in [-0.05, 0) is 30.7 Å². The minimum Gasteiger partial charge on any atom is -0.496 e. The average molecular weight is 270 g/mol. The number of nitrogens with zero attached hydrogens (tertiary/aromatic N) is 1. The predicted molar refractivity (Wildman–Crippen MR) is 82.1 cm³/mol. The van der Waals surface area contributed by atoms with Crippen LogP contribution < -0.4 is 10.1 Å². The molecule has 0 saturated heterocycles. The van der Waals surface area contributed by atoms with Gasteiger partial charge in [-0.15, -0.1) is 0 Å². The van der Waals surface area contributed by atoms with Crippen LogP contribution in [0.5, 0.6) is 5.75 Å². The van der Waals surface area contributed by atoms with E-state index in [1.807, 2.05) is 30.5 Å². The molecule has 0 fully saturated rings. The van der Waals surface area contributed by atoms with Gasteiger partial charge in [0.05, 0.1) is 18.8 Å². The molecule has 1 aromatic heterocycles. The molecule has 0 aliphatic carbocycles. The summed E-state index contributed by atoms with van der Waals surface area (Å²) in [5.41, 5.74) is 3.48. The summed E-state index contributed by atoms with van der Waals surface area (Å²) in [5, 5.41) is 3.52. The second-order valence-electron chi connectivity index (χ2n) is 4.63. The third-order valence-electron chi connectivity index (χ3n) is 3.44. The molecule has 1 heterocycles. The van der Waals surface area contributed by atoms with Crippen molar-refractivity contribution in [2.75, 3.05) is 13.7 Å². The zero-order chi connectivity index (χ0) is 14.4. The Morgan fingerprint density at radius 1 is 1.15 bits per heavy atom. The van der Waals surface area contributed by atoms with E-state index in [1.54, 1.807) is 7.11 Å². The number of pyridine rings is 1. The predicted octanol–water partition coefficient (Wildman–Crippen LogP) is 3.35. The van der Waals surface area contributed by atoms with E-state index in [0.29, 0.717) is 0 Å². The van der Waals surface area contributed by atoms with Crippen LogP contribution in [0.1, 0.15) is 36.7 Å². The maximum Gasteiger partial charge on any atom is 0.124 e. The van der Waals surface area contributed by atoms with Crippen LogP contribution in [0.25, 0.3) is 0 Å². The fourth-order valence-electron chi connectivity index (χ4n) is 2.47. The summed E-state index contributed by atoms with van der Waals surface area (Å²) in [6.07, 6.45) is 2.83. The van der Waals surface area contributed by atoms with Crippen LogP contribution in [0.4, 0.5) is 0 Å². The molecule has 0 radical (unpaired) electrons. The van der Waals surface area contributed by atoms with Gasteiger partial charge in [0.25, 0.3) is 0 Å². The Kier molecular flexibility index (Phi) is 5.13. The number of hydrogen-bond donors (Lipinski definition) is 1. The summed E-state index contributed by atoms with van der Waals surface area (Å²) in [7, 11) is 1.71. The molecule has 2 rings (SSSR count). The molecule has 1 N–H and O–H groups in total. The van der Waals surface area contributed by atoms with Crippen molar-refractivity contribution >= 4 is 0 Å². The number of ether oxygens (including phenoxy) is 1. The summed E-state index contributed by atoms with van der Waals surface area (Å²) in [6.45, 7) is 5.14. The van der Waals surface area contributed by atoms with Crippen LogP contribution in [0.3, 0.4) is 0 Å². The highest BCUT2D eigenvalue weighted by atomic mass is 16.5. The summed E-state index contributed by atoms with van der Waals surface area (Å²) in [5.74, 6) is 0.895. The van der Waals surface area contributed by atoms with Gasteiger partial charge in [-0.3, -0.25) is 4.98 Å². The maximum absolute atomic E-state index is 5.50. The Hall–Kier alpha value is -1.87. The first-order valence-corrected chi connectivity index (χ1v) is 7.11. The number of hydrogen-bond acceptors (Lipinski definition) is 3. The molecule has 0 bridgehead atoms. The molecule has 106 valence electrons. The van der Waals surface area contributed by atoms with Crippen molar-refractivity contribution in [2.45, 2.75) is 26.3 Å². The summed E-state index contributed by atoms with van der Waals surface area (Å²) in [4.78, 5) is 4.60. The van der Waals surface area contributed by atoms with Gasteiger partial charge in [0.15, 0.2) is 0 Å². The summed E-state index contributed by atoms with van der Waals surface area (Å²) < 4.78 is 5.50. The molecule has 0 saturated carbocycles. The highest BCUT2D eigenvalue weighted by molar-refractivity contribution is 5.41. The van der Waals surface area contributed by atoms with Gasteiger partial charge in [0.1, 0.15) is 5.75 Å². The molecule has 0 spiro atoms. The van der Waals surface area contributed by atoms with Crippen LogP contribution in [-0.2, 0) is 6.42 Å². The average Bonchev–Trinajstić information content (AvgIpc) is 2.52. The Bertz CT molecular complexity index is 507. The van der Waals surface area contributed by atoms with Crippen LogP contribution >= 0.6 is 0 Å². The number of methoxy groups -OCH3 is 1. The lowest BCUT2D eigenvalue weighted by atomic mass is 9.97. The normalized spacial score (nSPS) is 12.2. The number of nitrogens with one attached hydrogen (secondary N) is 1. The van der Waals surface area contributed by atoms with Crippen molar-refractivity contribution in [1.82, 2.24) is 10.3 Å². The molecular weight excluding hydrogens is 248 g/mol. The smallest absolute Gasteiger partial charge is 0.124 e. The van der Waals surface area contributed by atoms with Gasteiger partial charge in [-0.1, -0.05) is 38.1 Å². The van der Waals surface area contributed by atoms with Crippen molar-refractivity contribution in [3.05, 3.63) is 59.4 Å². The second kappa shape index (κ2) is 7.06. The molecule has 2 aromatic rings. The molecule has 0 aliphatic heterocycles. The van der Waals surface area contributed by atoms with Crippen LogP contribution in [0.15, 0.2) is 42.6 Å². The van der Waals surface area contributed by atoms with Crippen LogP contribution in [0.2, 0.25) is 0 Å². The zero-order valence-corrected chi connectivity index (χ0v) is 12.4. The fraction of sp³-hybridized carbons (Fsp3) is 0.353. The molecule has 1 aromatic carbocycles. The van der Waals surface area contributed by atoms with Gasteiger partial charge in [0.2, 0.25) is 0 Å². The Balaban J connectivity index is 2.50. The number of rotatable bonds is 6. The molecule has 1 unspecified atom stereocenters. The highest BCUT2D eigenvalue weighted by Gasteiger charge is 2.20. The largest absolute Gasteiger partial charge is 0.496 e. The number of para-hydroxylation sites is 1. The van der Waals surface area contributed by atoms with Crippen molar-refractivity contribution in [3.8, 4) is 5.75 Å². The quantitative estimate of drug-likeness (QED) is 0.874. The van der Waals surface area contributed by atoms with E-state index in [4.69, 9.17) is 4.74 Å². The maximum atomic E-state index is 5.50. The first-order valence-electron chi connectivity index (χ1n) is 7.11. The third-order valence-corrected chi connectivity index (χ3v) is 3.44. The molecule has 0 aliphatic rings. The zero-order valence-electron chi connectivity index (χ0n) is 12.4. The van der Waals surface area contributed by atoms with Gasteiger partial charge in [0, 0.05) is 11.8 Å². The molecule has 3 nitrogen and oxygen atoms in total. The van der Waals surface area contributed by atoms with Crippen LogP contribution in [-0.4, -0.2) is 18.6 Å². The van der Waals surface area contributed by atoms with E-state index in [2.05, 4.69) is 36.3 Å². The van der Waals surface area contributed by atoms with Crippen molar-refractivity contribution in [3.63, 3.8) is 0 Å². The lowest BCUT2D eigenvalue weighted by Gasteiger charge is -2.22. The fourth-order valence-corrected chi connectivity index (χ4v) is 2.47. The summed E-state index contributed by atoms with van der Waals surface area (Å²) in [6, 6.07) is 12.3. The van der Waals surface area contributed by atoms with E-state index in [9.17, 15) is 0 Å². The highest BCUT2D eigenvalue weighted by Crippen LogP contribution is 2.30. The van der Waals surface area contributed by atoms with Gasteiger partial charge < -0.3 is 10.1 Å². The molecule has 3 heteroatoms. The minimum absolute atomic E-state index is 0.0623. The monoisotopic (exact) mass is 270 g/mol. The minimum atomic E-state index is 0.0623. The Labute approximate surface area is 121 Å². The summed E-state index contributed by atoms with van der Waals surface area (Å²) >= 11 is 0. The molecular formula is C17H22N2O. The first-order chi connectivity index (χ1) is 9.81. The molecule has 0 amide bonds. The van der Waals surface area contributed by atoms with Crippen molar-refractivity contribution in [1.29, 1.82) is 0 Å². The van der Waals surface area contributed by atoms with E-state index in [1.165, 1.54) is 5.56 Å². The van der Waals surface area contributed by atoms with E-state index in [0.717, 1.165) is 30.0 Å². The van der Waals surface area contributed by atoms with Crippen LogP contribution in [0, 0.1) is 0 Å². The second-order valence-corrected chi connectivity index (χ2v) is 4.63. The number of aromatic nitrogens is 1. The Morgan fingerprint density at radius 2 is 1.95 bits per heavy atom. The van der Waals surface area contributed by atoms with E-state index >= 15 is 0 Å². The standard InChI is InChI=1S/C17H22N2O/c1-4-13-9-8-12-19-16(13)17(18-5-2)14-10-6-7-11-15(14)20-3/h6-12,17-18H,4-5H2,1-3H3. The first kappa shape index (κ1) is 14.5. The van der Waals surface area contributed by atoms with Gasteiger partial charge in [-0.2, -0.15) is 0 Å². The molecule has 20 heavy (non-hydrogen) atoms. The lowest BCUT2D eigenvalue weighted by molar-refractivity contribution is 0.403. The lowest BCUT2D eigenvalue weighted by Crippen LogP contribution is -2.24. The SMILES string of the molecule is CCNC(c1ccccc1OC)c1ncccc1CC. The Morgan fingerprint density at radius 3 is 2.65 bits per heavy atom. The van der Waals surface area contributed by atoms with Crippen molar-refractivity contribution in [2.24, 2.45) is 0 Å². The van der Waals surface area contributed by atoms with Gasteiger partial charge >= 0.3 is 0 Å². The van der Waals surface area contributed by atoms with Crippen molar-refractivity contribution < 1.29 is 4.74 Å². The number of benzene rings is 1. The third kappa shape index (κ3) is 2.99. The van der Waals surface area contributed by atoms with E-state index in [-0.39, 0.29) is 6.04 Å². The van der Waals surface area contributed by atoms with Gasteiger partial charge in [-0.25, -0.2) is 0 Å².